The summed E-state index contributed by atoms with van der Waals surface area (Å²) in [5.74, 6) is -0.297. The van der Waals surface area contributed by atoms with E-state index < -0.39 is 0 Å². The molecule has 1 aliphatic rings. The molecule has 1 N–H and O–H groups in total. The number of fused-ring (bicyclic) bond motifs is 3. The van der Waals surface area contributed by atoms with Crippen LogP contribution < -0.4 is 0 Å². The van der Waals surface area contributed by atoms with Crippen LogP contribution in [0.15, 0.2) is 36.4 Å². The molecule has 150 valence electrons. The minimum atomic E-state index is -0.371. The van der Waals surface area contributed by atoms with Crippen LogP contribution in [-0.4, -0.2) is 35.4 Å². The zero-order valence-electron chi connectivity index (χ0n) is 15.9. The lowest BCUT2D eigenvalue weighted by atomic mass is 10.0. The maximum absolute atomic E-state index is 12.8. The molecule has 0 radical (unpaired) electrons. The zero-order valence-corrected chi connectivity index (χ0v) is 17.4. The highest BCUT2D eigenvalue weighted by Crippen LogP contribution is 2.30. The number of carbonyl (C=O) groups is 2. The zero-order chi connectivity index (χ0) is 20.5. The number of aryl methyl sites for hydroxylation is 1. The first-order valence-corrected chi connectivity index (χ1v) is 10.2. The van der Waals surface area contributed by atoms with Gasteiger partial charge in [0, 0.05) is 48.1 Å². The van der Waals surface area contributed by atoms with Crippen molar-refractivity contribution in [3.63, 3.8) is 0 Å². The molecule has 0 aliphatic carbocycles. The van der Waals surface area contributed by atoms with E-state index in [-0.39, 0.29) is 11.9 Å². The van der Waals surface area contributed by atoms with E-state index in [9.17, 15) is 9.59 Å². The predicted molar refractivity (Wildman–Crippen MR) is 114 cm³/mol. The fourth-order valence-corrected chi connectivity index (χ4v) is 4.23. The number of nitrogens with zero attached hydrogens (tertiary/aromatic N) is 1. The molecule has 0 saturated heterocycles. The molecule has 1 aliphatic heterocycles. The molecule has 0 spiro atoms. The number of carbonyl (C=O) groups excluding carboxylic acids is 2. The van der Waals surface area contributed by atoms with Crippen molar-refractivity contribution in [1.29, 1.82) is 0 Å². The van der Waals surface area contributed by atoms with Gasteiger partial charge in [-0.3, -0.25) is 4.79 Å². The van der Waals surface area contributed by atoms with E-state index in [2.05, 4.69) is 4.98 Å². The summed E-state index contributed by atoms with van der Waals surface area (Å²) in [5.41, 5.74) is 4.51. The number of amides is 1. The molecule has 4 rings (SSSR count). The minimum Gasteiger partial charge on any atom is -0.465 e. The summed E-state index contributed by atoms with van der Waals surface area (Å²) >= 11 is 12.3. The normalized spacial score (nSPS) is 13.4. The van der Waals surface area contributed by atoms with Crippen molar-refractivity contribution in [2.24, 2.45) is 0 Å². The highest BCUT2D eigenvalue weighted by molar-refractivity contribution is 6.42. The Kier molecular flexibility index (Phi) is 5.52. The van der Waals surface area contributed by atoms with Crippen LogP contribution in [0.5, 0.6) is 0 Å². The number of hydrogen-bond donors (Lipinski definition) is 1. The highest BCUT2D eigenvalue weighted by atomic mass is 35.5. The average molecular weight is 431 g/mol. The first-order valence-electron chi connectivity index (χ1n) is 9.40. The third-order valence-corrected chi connectivity index (χ3v) is 6.25. The summed E-state index contributed by atoms with van der Waals surface area (Å²) in [5, 5.41) is 1.97. The van der Waals surface area contributed by atoms with Gasteiger partial charge in [-0.15, -0.1) is 0 Å². The summed E-state index contributed by atoms with van der Waals surface area (Å²) in [7, 11) is 1.37. The molecule has 7 heteroatoms. The number of nitrogens with one attached hydrogen (secondary N) is 1. The van der Waals surface area contributed by atoms with Crippen LogP contribution in [0, 0.1) is 0 Å². The molecule has 0 fully saturated rings. The maximum atomic E-state index is 12.8. The number of methoxy groups -OCH3 is 1. The maximum Gasteiger partial charge on any atom is 0.337 e. The van der Waals surface area contributed by atoms with Crippen molar-refractivity contribution in [3.8, 4) is 0 Å². The lowest BCUT2D eigenvalue weighted by Crippen LogP contribution is -2.35. The lowest BCUT2D eigenvalue weighted by Gasteiger charge is -2.27. The van der Waals surface area contributed by atoms with Gasteiger partial charge in [0.2, 0.25) is 5.91 Å². The Labute approximate surface area is 178 Å². The predicted octanol–water partition coefficient (Wildman–Crippen LogP) is 4.78. The molecule has 0 unspecified atom stereocenters. The van der Waals surface area contributed by atoms with Crippen LogP contribution in [-0.2, 0) is 28.9 Å². The Hall–Kier alpha value is -2.50. The van der Waals surface area contributed by atoms with Gasteiger partial charge in [0.05, 0.1) is 22.7 Å². The summed E-state index contributed by atoms with van der Waals surface area (Å²) in [6.07, 6.45) is 1.66. The minimum absolute atomic E-state index is 0.0742. The van der Waals surface area contributed by atoms with Crippen molar-refractivity contribution >= 4 is 46.0 Å². The van der Waals surface area contributed by atoms with E-state index in [1.54, 1.807) is 12.1 Å². The van der Waals surface area contributed by atoms with Gasteiger partial charge in [0.1, 0.15) is 0 Å². The Bertz CT molecular complexity index is 1110. The Morgan fingerprint density at radius 3 is 2.83 bits per heavy atom. The summed E-state index contributed by atoms with van der Waals surface area (Å²) in [6, 6.07) is 10.9. The summed E-state index contributed by atoms with van der Waals surface area (Å²) < 4.78 is 4.82. The molecule has 1 amide bonds. The van der Waals surface area contributed by atoms with E-state index in [0.29, 0.717) is 41.5 Å². The fourth-order valence-electron chi connectivity index (χ4n) is 3.81. The molecule has 0 saturated carbocycles. The molecule has 0 bridgehead atoms. The fraction of sp³-hybridized carbons (Fsp3) is 0.273. The number of halogens is 2. The molecule has 0 atom stereocenters. The number of H-pyrrole nitrogens is 1. The molecule has 29 heavy (non-hydrogen) atoms. The molecule has 2 aromatic carbocycles. The van der Waals surface area contributed by atoms with Crippen molar-refractivity contribution < 1.29 is 14.3 Å². The third kappa shape index (κ3) is 3.85. The van der Waals surface area contributed by atoms with Gasteiger partial charge < -0.3 is 14.6 Å². The van der Waals surface area contributed by atoms with Gasteiger partial charge in [-0.1, -0.05) is 35.3 Å². The monoisotopic (exact) mass is 430 g/mol. The van der Waals surface area contributed by atoms with Crippen LogP contribution in [0.25, 0.3) is 10.9 Å². The van der Waals surface area contributed by atoms with Crippen LogP contribution in [0.1, 0.15) is 33.6 Å². The molecule has 5 nitrogen and oxygen atoms in total. The van der Waals surface area contributed by atoms with Crippen molar-refractivity contribution in [3.05, 3.63) is 68.8 Å². The van der Waals surface area contributed by atoms with Crippen LogP contribution in [0.3, 0.4) is 0 Å². The van der Waals surface area contributed by atoms with Gasteiger partial charge in [-0.05, 0) is 36.2 Å². The van der Waals surface area contributed by atoms with Crippen LogP contribution in [0.4, 0.5) is 0 Å². The van der Waals surface area contributed by atoms with E-state index >= 15 is 0 Å². The first-order chi connectivity index (χ1) is 14.0. The quantitative estimate of drug-likeness (QED) is 0.605. The van der Waals surface area contributed by atoms with Crippen molar-refractivity contribution in [2.45, 2.75) is 25.8 Å². The van der Waals surface area contributed by atoms with E-state index in [1.807, 2.05) is 29.2 Å². The number of aromatic nitrogens is 1. The molecule has 2 heterocycles. The van der Waals surface area contributed by atoms with Crippen molar-refractivity contribution in [2.75, 3.05) is 13.7 Å². The average Bonchev–Trinajstić information content (AvgIpc) is 3.11. The van der Waals surface area contributed by atoms with Gasteiger partial charge >= 0.3 is 5.97 Å². The standard InChI is InChI=1S/C22H20Cl2N2O3/c1-29-22(28)14-5-7-18-15(11-14)16-12-26(10-9-19(16)25-18)20(27)8-6-13-3-2-4-17(23)21(13)24/h2-5,7,11,25H,6,8-10,12H2,1H3. The highest BCUT2D eigenvalue weighted by Gasteiger charge is 2.24. The molecule has 1 aromatic heterocycles. The molecular weight excluding hydrogens is 411 g/mol. The second-order valence-electron chi connectivity index (χ2n) is 7.11. The van der Waals surface area contributed by atoms with Crippen molar-refractivity contribution in [1.82, 2.24) is 9.88 Å². The van der Waals surface area contributed by atoms with Crippen LogP contribution in [0.2, 0.25) is 10.0 Å². The summed E-state index contributed by atoms with van der Waals surface area (Å²) in [6.45, 7) is 1.17. The summed E-state index contributed by atoms with van der Waals surface area (Å²) in [4.78, 5) is 30.0. The third-order valence-electron chi connectivity index (χ3n) is 5.39. The number of rotatable bonds is 4. The van der Waals surface area contributed by atoms with E-state index in [0.717, 1.165) is 34.1 Å². The Balaban J connectivity index is 1.52. The molecule has 3 aromatic rings. The Morgan fingerprint density at radius 1 is 1.21 bits per heavy atom. The SMILES string of the molecule is COC(=O)c1ccc2[nH]c3c(c2c1)CN(C(=O)CCc1cccc(Cl)c1Cl)CC3. The lowest BCUT2D eigenvalue weighted by molar-refractivity contribution is -0.132. The topological polar surface area (TPSA) is 62.4 Å². The number of ether oxygens (including phenoxy) is 1. The number of esters is 1. The first kappa shape index (κ1) is 19.8. The number of benzene rings is 2. The van der Waals surface area contributed by atoms with Gasteiger partial charge in [0.15, 0.2) is 0 Å². The van der Waals surface area contributed by atoms with E-state index in [1.165, 1.54) is 7.11 Å². The second kappa shape index (κ2) is 8.09. The number of aromatic amines is 1. The molecular formula is C22H20Cl2N2O3. The van der Waals surface area contributed by atoms with E-state index in [4.69, 9.17) is 27.9 Å². The Morgan fingerprint density at radius 2 is 2.03 bits per heavy atom. The number of hydrogen-bond acceptors (Lipinski definition) is 3. The second-order valence-corrected chi connectivity index (χ2v) is 7.90. The smallest absolute Gasteiger partial charge is 0.337 e. The van der Waals surface area contributed by atoms with Gasteiger partial charge in [-0.2, -0.15) is 0 Å². The largest absolute Gasteiger partial charge is 0.465 e. The van der Waals surface area contributed by atoms with Gasteiger partial charge in [-0.25, -0.2) is 4.79 Å². The van der Waals surface area contributed by atoms with Gasteiger partial charge in [0.25, 0.3) is 0 Å². The van der Waals surface area contributed by atoms with Crippen LogP contribution >= 0.6 is 23.2 Å².